The van der Waals surface area contributed by atoms with E-state index in [9.17, 15) is 9.59 Å². The summed E-state index contributed by atoms with van der Waals surface area (Å²) in [5.41, 5.74) is 2.19. The van der Waals surface area contributed by atoms with Gasteiger partial charge in [-0.3, -0.25) is 14.5 Å². The van der Waals surface area contributed by atoms with E-state index in [2.05, 4.69) is 6.92 Å². The van der Waals surface area contributed by atoms with Crippen LogP contribution in [0.3, 0.4) is 0 Å². The van der Waals surface area contributed by atoms with Crippen LogP contribution in [-0.2, 0) is 11.2 Å². The lowest BCUT2D eigenvalue weighted by Gasteiger charge is -2.10. The molecule has 1 aromatic rings. The predicted molar refractivity (Wildman–Crippen MR) is 65.5 cm³/mol. The van der Waals surface area contributed by atoms with E-state index in [1.165, 1.54) is 4.90 Å². The molecule has 1 fully saturated rings. The van der Waals surface area contributed by atoms with Gasteiger partial charge in [0.2, 0.25) is 0 Å². The molecule has 1 saturated heterocycles. The van der Waals surface area contributed by atoms with Gasteiger partial charge in [-0.05, 0) is 24.1 Å². The lowest BCUT2D eigenvalue weighted by Crippen LogP contribution is -2.33. The number of carbonyl (C=O) groups is 2. The third-order valence-electron chi connectivity index (χ3n) is 3.36. The molecule has 0 radical (unpaired) electrons. The summed E-state index contributed by atoms with van der Waals surface area (Å²) in [6.45, 7) is 3.13. The third-order valence-corrected chi connectivity index (χ3v) is 3.36. The van der Waals surface area contributed by atoms with Crippen LogP contribution in [0.15, 0.2) is 18.2 Å². The smallest absolute Gasteiger partial charge is 0.261 e. The van der Waals surface area contributed by atoms with E-state index in [0.717, 1.165) is 18.4 Å². The summed E-state index contributed by atoms with van der Waals surface area (Å²) in [4.78, 5) is 25.6. The van der Waals surface area contributed by atoms with Gasteiger partial charge in [-0.1, -0.05) is 19.4 Å². The monoisotopic (exact) mass is 245 g/mol. The summed E-state index contributed by atoms with van der Waals surface area (Å²) >= 11 is 0. The molecule has 2 aliphatic rings. The number of nitrogens with zero attached hydrogens (tertiary/aromatic N) is 1. The summed E-state index contributed by atoms with van der Waals surface area (Å²) in [5, 5.41) is 0. The Morgan fingerprint density at radius 3 is 2.67 bits per heavy atom. The van der Waals surface area contributed by atoms with Crippen LogP contribution in [-0.4, -0.2) is 36.0 Å². The Kier molecular flexibility index (Phi) is 2.67. The van der Waals surface area contributed by atoms with Gasteiger partial charge in [-0.15, -0.1) is 0 Å². The van der Waals surface area contributed by atoms with E-state index in [0.29, 0.717) is 24.3 Å². The Morgan fingerprint density at radius 1 is 1.28 bits per heavy atom. The number of hydrogen-bond acceptors (Lipinski definition) is 3. The van der Waals surface area contributed by atoms with Crippen molar-refractivity contribution in [2.75, 3.05) is 13.2 Å². The van der Waals surface area contributed by atoms with E-state index in [-0.39, 0.29) is 17.9 Å². The van der Waals surface area contributed by atoms with Crippen molar-refractivity contribution in [2.45, 2.75) is 25.9 Å². The molecule has 1 unspecified atom stereocenters. The maximum absolute atomic E-state index is 12.2. The van der Waals surface area contributed by atoms with Crippen LogP contribution >= 0.6 is 0 Å². The molecule has 0 bridgehead atoms. The Balaban J connectivity index is 1.90. The maximum Gasteiger partial charge on any atom is 0.261 e. The van der Waals surface area contributed by atoms with Crippen molar-refractivity contribution < 1.29 is 14.3 Å². The number of hydrogen-bond donors (Lipinski definition) is 0. The first-order chi connectivity index (χ1) is 8.70. The zero-order valence-electron chi connectivity index (χ0n) is 10.3. The van der Waals surface area contributed by atoms with Crippen molar-refractivity contribution >= 4 is 11.8 Å². The first-order valence-corrected chi connectivity index (χ1v) is 6.31. The Bertz CT molecular complexity index is 520. The molecule has 4 nitrogen and oxygen atoms in total. The SMILES string of the molecule is CCCc1ccc2c(c1)C(=O)N(CC1CO1)C2=O. The third kappa shape index (κ3) is 1.82. The molecule has 0 spiro atoms. The summed E-state index contributed by atoms with van der Waals surface area (Å²) in [5.74, 6) is -0.364. The Hall–Kier alpha value is -1.68. The van der Waals surface area contributed by atoms with E-state index in [4.69, 9.17) is 4.74 Å². The minimum absolute atomic E-state index is 0.0438. The van der Waals surface area contributed by atoms with Crippen LogP contribution in [0.4, 0.5) is 0 Å². The molecule has 4 heteroatoms. The second-order valence-electron chi connectivity index (χ2n) is 4.81. The number of benzene rings is 1. The molecule has 0 saturated carbocycles. The molecule has 0 N–H and O–H groups in total. The fourth-order valence-electron chi connectivity index (χ4n) is 2.32. The molecule has 1 atom stereocenters. The van der Waals surface area contributed by atoms with Crippen molar-refractivity contribution in [1.29, 1.82) is 0 Å². The molecule has 0 aromatic heterocycles. The molecule has 2 aliphatic heterocycles. The standard InChI is InChI=1S/C14H15NO3/c1-2-3-9-4-5-11-12(6-9)14(17)15(13(11)16)7-10-8-18-10/h4-6,10H,2-3,7-8H2,1H3. The van der Waals surface area contributed by atoms with Gasteiger partial charge in [-0.25, -0.2) is 0 Å². The van der Waals surface area contributed by atoms with Gasteiger partial charge in [0.1, 0.15) is 0 Å². The molecule has 0 aliphatic carbocycles. The molecule has 18 heavy (non-hydrogen) atoms. The fraction of sp³-hybridized carbons (Fsp3) is 0.429. The van der Waals surface area contributed by atoms with Crippen molar-refractivity contribution in [3.05, 3.63) is 34.9 Å². The van der Waals surface area contributed by atoms with Gasteiger partial charge in [0.05, 0.1) is 30.4 Å². The number of ether oxygens (including phenoxy) is 1. The van der Waals surface area contributed by atoms with E-state index < -0.39 is 0 Å². The minimum atomic E-state index is -0.187. The predicted octanol–water partition coefficient (Wildman–Crippen LogP) is 1.63. The van der Waals surface area contributed by atoms with E-state index >= 15 is 0 Å². The molecule has 94 valence electrons. The number of fused-ring (bicyclic) bond motifs is 1. The largest absolute Gasteiger partial charge is 0.371 e. The van der Waals surface area contributed by atoms with Crippen molar-refractivity contribution in [1.82, 2.24) is 4.90 Å². The zero-order chi connectivity index (χ0) is 12.7. The first-order valence-electron chi connectivity index (χ1n) is 6.31. The Morgan fingerprint density at radius 2 is 2.00 bits per heavy atom. The highest BCUT2D eigenvalue weighted by atomic mass is 16.6. The van der Waals surface area contributed by atoms with Crippen LogP contribution in [0.5, 0.6) is 0 Å². The van der Waals surface area contributed by atoms with Gasteiger partial charge < -0.3 is 4.74 Å². The van der Waals surface area contributed by atoms with Crippen molar-refractivity contribution in [2.24, 2.45) is 0 Å². The number of carbonyl (C=O) groups excluding carboxylic acids is 2. The van der Waals surface area contributed by atoms with Crippen LogP contribution in [0.25, 0.3) is 0 Å². The highest BCUT2D eigenvalue weighted by Gasteiger charge is 2.39. The van der Waals surface area contributed by atoms with Gasteiger partial charge >= 0.3 is 0 Å². The van der Waals surface area contributed by atoms with Crippen molar-refractivity contribution in [3.63, 3.8) is 0 Å². The highest BCUT2D eigenvalue weighted by molar-refractivity contribution is 6.21. The summed E-state index contributed by atoms with van der Waals surface area (Å²) in [6.07, 6.45) is 2.00. The second kappa shape index (κ2) is 4.21. The lowest BCUT2D eigenvalue weighted by molar-refractivity contribution is 0.0642. The van der Waals surface area contributed by atoms with Gasteiger partial charge in [0.15, 0.2) is 0 Å². The first kappa shape index (κ1) is 11.4. The van der Waals surface area contributed by atoms with Crippen LogP contribution in [0.2, 0.25) is 0 Å². The lowest BCUT2D eigenvalue weighted by atomic mass is 10.0. The molecule has 1 aromatic carbocycles. The molecule has 2 heterocycles. The molecule has 2 amide bonds. The summed E-state index contributed by atoms with van der Waals surface area (Å²) in [7, 11) is 0. The average Bonchev–Trinajstić information content (AvgIpc) is 3.15. The van der Waals surface area contributed by atoms with Gasteiger partial charge in [-0.2, -0.15) is 0 Å². The maximum atomic E-state index is 12.2. The quantitative estimate of drug-likeness (QED) is 0.598. The topological polar surface area (TPSA) is 49.9 Å². The number of rotatable bonds is 4. The average molecular weight is 245 g/mol. The molecular weight excluding hydrogens is 230 g/mol. The molecule has 3 rings (SSSR count). The number of imide groups is 1. The Labute approximate surface area is 106 Å². The summed E-state index contributed by atoms with van der Waals surface area (Å²) < 4.78 is 5.08. The number of amides is 2. The minimum Gasteiger partial charge on any atom is -0.371 e. The zero-order valence-corrected chi connectivity index (χ0v) is 10.3. The van der Waals surface area contributed by atoms with Gasteiger partial charge in [0, 0.05) is 0 Å². The fourth-order valence-corrected chi connectivity index (χ4v) is 2.32. The second-order valence-corrected chi connectivity index (χ2v) is 4.81. The van der Waals surface area contributed by atoms with Crippen molar-refractivity contribution in [3.8, 4) is 0 Å². The van der Waals surface area contributed by atoms with E-state index in [1.54, 1.807) is 6.07 Å². The number of epoxide rings is 1. The molecular formula is C14H15NO3. The van der Waals surface area contributed by atoms with Gasteiger partial charge in [0.25, 0.3) is 11.8 Å². The van der Waals surface area contributed by atoms with Crippen LogP contribution in [0.1, 0.15) is 39.6 Å². The number of aryl methyl sites for hydroxylation is 1. The summed E-state index contributed by atoms with van der Waals surface area (Å²) in [6, 6.07) is 5.56. The normalized spacial score (nSPS) is 21.4. The van der Waals surface area contributed by atoms with Crippen LogP contribution in [0, 0.1) is 0 Å². The van der Waals surface area contributed by atoms with E-state index in [1.807, 2.05) is 12.1 Å². The highest BCUT2D eigenvalue weighted by Crippen LogP contribution is 2.26. The van der Waals surface area contributed by atoms with Crippen LogP contribution < -0.4 is 0 Å².